The molecule has 0 radical (unpaired) electrons. The fourth-order valence-electron chi connectivity index (χ4n) is 5.80. The van der Waals surface area contributed by atoms with Crippen LogP contribution in [0.3, 0.4) is 0 Å². The summed E-state index contributed by atoms with van der Waals surface area (Å²) in [4.78, 5) is 31.5. The number of fused-ring (bicyclic) bond motifs is 2. The normalized spacial score (nSPS) is 11.9. The summed E-state index contributed by atoms with van der Waals surface area (Å²) in [7, 11) is 3.12. The number of methoxy groups -OCH3 is 2. The van der Waals surface area contributed by atoms with Gasteiger partial charge in [0, 0.05) is 47.9 Å². The molecule has 4 aromatic carbocycles. The number of ether oxygens (including phenoxy) is 5. The highest BCUT2D eigenvalue weighted by Gasteiger charge is 2.27. The molecule has 0 saturated carbocycles. The number of hydrogen-bond donors (Lipinski definition) is 0. The Morgan fingerprint density at radius 2 is 1.64 bits per heavy atom. The Morgan fingerprint density at radius 1 is 0.860 bits per heavy atom. The highest BCUT2D eigenvalue weighted by atomic mass is 19.1. The van der Waals surface area contributed by atoms with Gasteiger partial charge in [-0.05, 0) is 71.8 Å². The predicted octanol–water partition coefficient (Wildman–Crippen LogP) is 7.41. The van der Waals surface area contributed by atoms with Gasteiger partial charge in [0.1, 0.15) is 35.2 Å². The van der Waals surface area contributed by atoms with Crippen LogP contribution in [0.2, 0.25) is 0 Å². The Bertz CT molecular complexity index is 2290. The van der Waals surface area contributed by atoms with Crippen molar-refractivity contribution >= 4 is 16.7 Å². The first kappa shape index (κ1) is 32.3. The molecule has 0 amide bonds. The van der Waals surface area contributed by atoms with Crippen molar-refractivity contribution in [3.05, 3.63) is 142 Å². The Hall–Kier alpha value is -6.23. The van der Waals surface area contributed by atoms with E-state index < -0.39 is 23.0 Å². The van der Waals surface area contributed by atoms with Gasteiger partial charge in [-0.25, -0.2) is 8.78 Å². The molecule has 0 spiro atoms. The lowest BCUT2D eigenvalue weighted by Gasteiger charge is -2.15. The van der Waals surface area contributed by atoms with E-state index in [0.29, 0.717) is 58.0 Å². The lowest BCUT2D eigenvalue weighted by Crippen LogP contribution is -2.27. The summed E-state index contributed by atoms with van der Waals surface area (Å²) in [6.45, 7) is 0.600. The van der Waals surface area contributed by atoms with Gasteiger partial charge >= 0.3 is 0 Å². The van der Waals surface area contributed by atoms with E-state index in [-0.39, 0.29) is 30.1 Å². The molecule has 0 fully saturated rings. The number of nitrogens with zero attached hydrogens (tertiary/aromatic N) is 2. The van der Waals surface area contributed by atoms with Crippen LogP contribution < -0.4 is 29.2 Å². The second-order valence-electron chi connectivity index (χ2n) is 11.5. The average molecular weight is 677 g/mol. The monoisotopic (exact) mass is 676 g/mol. The van der Waals surface area contributed by atoms with Crippen LogP contribution in [0.25, 0.3) is 16.6 Å². The summed E-state index contributed by atoms with van der Waals surface area (Å²) >= 11 is 0. The van der Waals surface area contributed by atoms with Crippen LogP contribution >= 0.6 is 0 Å². The molecule has 1 aliphatic heterocycles. The molecule has 11 heteroatoms. The van der Waals surface area contributed by atoms with Gasteiger partial charge in [0.15, 0.2) is 28.8 Å². The number of benzene rings is 4. The van der Waals surface area contributed by atoms with E-state index in [4.69, 9.17) is 23.7 Å². The van der Waals surface area contributed by atoms with E-state index >= 15 is 4.39 Å². The second kappa shape index (κ2) is 13.7. The number of halogens is 2. The molecule has 0 atom stereocenters. The van der Waals surface area contributed by atoms with Crippen LogP contribution in [0.5, 0.6) is 34.5 Å². The molecular formula is C39H30F2N2O7. The van der Waals surface area contributed by atoms with Gasteiger partial charge in [-0.1, -0.05) is 18.2 Å². The highest BCUT2D eigenvalue weighted by Crippen LogP contribution is 2.38. The molecule has 0 N–H and O–H groups in total. The Labute approximate surface area is 285 Å². The van der Waals surface area contributed by atoms with E-state index in [0.717, 1.165) is 11.3 Å². The first-order valence-electron chi connectivity index (χ1n) is 15.7. The smallest absolute Gasteiger partial charge is 0.269 e. The summed E-state index contributed by atoms with van der Waals surface area (Å²) in [5, 5.41) is 0.565. The van der Waals surface area contributed by atoms with Crippen LogP contribution in [0.15, 0.2) is 102 Å². The predicted molar refractivity (Wildman–Crippen MR) is 181 cm³/mol. The van der Waals surface area contributed by atoms with Crippen LogP contribution in [0.4, 0.5) is 8.78 Å². The molecule has 3 heterocycles. The molecule has 2 aromatic heterocycles. The fraction of sp³-hybridized carbons (Fsp3) is 0.154. The molecule has 6 aromatic rings. The summed E-state index contributed by atoms with van der Waals surface area (Å²) in [6.07, 6.45) is 3.40. The fourth-order valence-corrected chi connectivity index (χ4v) is 5.80. The summed E-state index contributed by atoms with van der Waals surface area (Å²) < 4.78 is 58.9. The maximum Gasteiger partial charge on any atom is 0.269 e. The lowest BCUT2D eigenvalue weighted by molar-refractivity contribution is 0.0988. The van der Waals surface area contributed by atoms with Crippen molar-refractivity contribution in [2.75, 3.05) is 20.8 Å². The van der Waals surface area contributed by atoms with E-state index in [1.165, 1.54) is 48.1 Å². The zero-order chi connectivity index (χ0) is 34.8. The van der Waals surface area contributed by atoms with Gasteiger partial charge in [0.2, 0.25) is 0 Å². The zero-order valence-corrected chi connectivity index (χ0v) is 27.1. The molecule has 9 nitrogen and oxygen atoms in total. The minimum absolute atomic E-state index is 0.0740. The molecular weight excluding hydrogens is 646 g/mol. The summed E-state index contributed by atoms with van der Waals surface area (Å²) in [5.41, 5.74) is 2.17. The van der Waals surface area contributed by atoms with E-state index in [1.807, 2.05) is 24.3 Å². The molecule has 0 unspecified atom stereocenters. The molecule has 0 bridgehead atoms. The molecule has 1 aliphatic rings. The van der Waals surface area contributed by atoms with E-state index in [2.05, 4.69) is 4.98 Å². The van der Waals surface area contributed by atoms with Crippen LogP contribution in [0.1, 0.15) is 27.0 Å². The van der Waals surface area contributed by atoms with E-state index in [1.54, 1.807) is 43.8 Å². The number of pyridine rings is 2. The number of carbonyl (C=O) groups is 1. The second-order valence-corrected chi connectivity index (χ2v) is 11.5. The Morgan fingerprint density at radius 3 is 2.38 bits per heavy atom. The highest BCUT2D eigenvalue weighted by molar-refractivity contribution is 6.00. The van der Waals surface area contributed by atoms with Crippen LogP contribution in [-0.4, -0.2) is 36.2 Å². The largest absolute Gasteiger partial charge is 0.497 e. The number of hydrogen-bond acceptors (Lipinski definition) is 8. The molecule has 50 heavy (non-hydrogen) atoms. The third-order valence-corrected chi connectivity index (χ3v) is 8.36. The van der Waals surface area contributed by atoms with Crippen LogP contribution in [-0.2, 0) is 19.4 Å². The number of rotatable bonds is 11. The van der Waals surface area contributed by atoms with Gasteiger partial charge in [-0.15, -0.1) is 0 Å². The van der Waals surface area contributed by atoms with Crippen molar-refractivity contribution in [1.29, 1.82) is 0 Å². The number of ketones is 1. The first-order valence-corrected chi connectivity index (χ1v) is 15.7. The average Bonchev–Trinajstić information content (AvgIpc) is 3.60. The van der Waals surface area contributed by atoms with Crippen molar-refractivity contribution in [2.24, 2.45) is 0 Å². The topological polar surface area (TPSA) is 98.1 Å². The molecule has 7 rings (SSSR count). The Balaban J connectivity index is 1.11. The zero-order valence-electron chi connectivity index (χ0n) is 27.1. The number of aromatic nitrogens is 2. The minimum Gasteiger partial charge on any atom is -0.497 e. The van der Waals surface area contributed by atoms with Gasteiger partial charge in [0.05, 0.1) is 26.3 Å². The van der Waals surface area contributed by atoms with Gasteiger partial charge in [-0.3, -0.25) is 19.1 Å². The van der Waals surface area contributed by atoms with Crippen molar-refractivity contribution in [1.82, 2.24) is 9.55 Å². The maximum absolute atomic E-state index is 15.5. The van der Waals surface area contributed by atoms with Crippen molar-refractivity contribution in [3.63, 3.8) is 0 Å². The first-order chi connectivity index (χ1) is 24.3. The maximum atomic E-state index is 15.5. The van der Waals surface area contributed by atoms with Gasteiger partial charge in [-0.2, -0.15) is 0 Å². The van der Waals surface area contributed by atoms with Gasteiger partial charge in [0.25, 0.3) is 5.56 Å². The summed E-state index contributed by atoms with van der Waals surface area (Å²) in [6, 6.07) is 22.1. The Kier molecular flexibility index (Phi) is 8.86. The third-order valence-electron chi connectivity index (χ3n) is 8.36. The minimum atomic E-state index is -0.704. The van der Waals surface area contributed by atoms with E-state index in [9.17, 15) is 14.0 Å². The number of carbonyl (C=O) groups excluding carboxylic acids is 1. The quantitative estimate of drug-likeness (QED) is 0.131. The van der Waals surface area contributed by atoms with Crippen LogP contribution in [0, 0.1) is 11.6 Å². The molecule has 252 valence electrons. The van der Waals surface area contributed by atoms with Crippen molar-refractivity contribution in [2.45, 2.75) is 19.4 Å². The molecule has 0 aliphatic carbocycles. The number of Topliss-reactive ketones (excluding diaryl/α,β-unsaturated/α-hetero) is 1. The summed E-state index contributed by atoms with van der Waals surface area (Å²) in [5.74, 6) is 0.453. The lowest BCUT2D eigenvalue weighted by atomic mass is 10.0. The standard InChI is InChI=1S/C39H30F2N2O7/c1-46-28-10-3-23(4-11-28)22-49-36-20-31-29(19-35(36)47-2)33(13-15-42-31)50-34-12-5-24(17-30(34)41)18-32(44)37-38-25(14-16-48-38)21-43(39(37)45)27-8-6-26(40)7-9-27/h3-13,15,17,19-21H,14,16,18,22H2,1-2H3. The van der Waals surface area contributed by atoms with Crippen molar-refractivity contribution < 1.29 is 37.3 Å². The SMILES string of the molecule is COc1ccc(COc2cc3nccc(Oc4ccc(CC(=O)c5c6c(cn(-c7ccc(F)cc7)c5=O)CCO6)cc4F)c3cc2OC)cc1. The van der Waals surface area contributed by atoms with Gasteiger partial charge < -0.3 is 23.7 Å². The van der Waals surface area contributed by atoms with Crippen molar-refractivity contribution in [3.8, 4) is 40.2 Å². The third kappa shape index (κ3) is 6.45. The molecule has 0 saturated heterocycles.